The van der Waals surface area contributed by atoms with E-state index in [-0.39, 0.29) is 0 Å². The Morgan fingerprint density at radius 2 is 1.50 bits per heavy atom. The molecule has 0 aliphatic heterocycles. The van der Waals surface area contributed by atoms with E-state index in [9.17, 15) is 0 Å². The first kappa shape index (κ1) is 24.1. The molecular formula is C33H25N5OS. The predicted octanol–water partition coefficient (Wildman–Crippen LogP) is 7.99. The molecule has 0 radical (unpaired) electrons. The number of aromatic nitrogens is 5. The van der Waals surface area contributed by atoms with Crippen molar-refractivity contribution in [2.75, 3.05) is 7.11 Å². The van der Waals surface area contributed by atoms with Crippen LogP contribution in [0.2, 0.25) is 0 Å². The van der Waals surface area contributed by atoms with Gasteiger partial charge in [-0.05, 0) is 43.3 Å². The van der Waals surface area contributed by atoms with Gasteiger partial charge >= 0.3 is 0 Å². The predicted molar refractivity (Wildman–Crippen MR) is 161 cm³/mol. The number of nitrogens with zero attached hydrogens (tertiary/aromatic N) is 5. The summed E-state index contributed by atoms with van der Waals surface area (Å²) in [5.41, 5.74) is 8.82. The van der Waals surface area contributed by atoms with Crippen molar-refractivity contribution in [3.05, 3.63) is 121 Å². The molecule has 0 fully saturated rings. The van der Waals surface area contributed by atoms with Crippen molar-refractivity contribution in [3.8, 4) is 50.3 Å². The molecule has 3 heterocycles. The zero-order chi connectivity index (χ0) is 27.1. The van der Waals surface area contributed by atoms with E-state index in [1.165, 1.54) is 5.56 Å². The second-order valence-electron chi connectivity index (χ2n) is 9.56. The van der Waals surface area contributed by atoms with Crippen molar-refractivity contribution in [2.24, 2.45) is 0 Å². The fourth-order valence-corrected chi connectivity index (χ4v) is 5.74. The Labute approximate surface area is 235 Å². The Morgan fingerprint density at radius 1 is 0.750 bits per heavy atom. The normalized spacial score (nSPS) is 11.2. The average molecular weight is 540 g/mol. The van der Waals surface area contributed by atoms with Gasteiger partial charge in [-0.2, -0.15) is 10.2 Å². The quantitative estimate of drug-likeness (QED) is 0.215. The minimum Gasteiger partial charge on any atom is -0.497 e. The highest BCUT2D eigenvalue weighted by molar-refractivity contribution is 7.20. The smallest absolute Gasteiger partial charge is 0.212 e. The Hall–Kier alpha value is -5.01. The highest BCUT2D eigenvalue weighted by atomic mass is 32.1. The van der Waals surface area contributed by atoms with E-state index >= 15 is 0 Å². The fraction of sp³-hybridized carbons (Fsp3) is 0.0606. The number of hydrogen-bond donors (Lipinski definition) is 0. The van der Waals surface area contributed by atoms with Crippen LogP contribution in [0.25, 0.3) is 54.8 Å². The summed E-state index contributed by atoms with van der Waals surface area (Å²) in [6.45, 7) is 2.09. The third kappa shape index (κ3) is 4.36. The maximum atomic E-state index is 5.46. The Balaban J connectivity index is 1.47. The van der Waals surface area contributed by atoms with E-state index in [4.69, 9.17) is 19.9 Å². The van der Waals surface area contributed by atoms with E-state index in [1.54, 1.807) is 18.4 Å². The summed E-state index contributed by atoms with van der Waals surface area (Å²) >= 11 is 1.59. The molecule has 4 aromatic carbocycles. The fourth-order valence-electron chi connectivity index (χ4n) is 4.78. The lowest BCUT2D eigenvalue weighted by molar-refractivity contribution is 0.415. The largest absolute Gasteiger partial charge is 0.497 e. The standard InChI is InChI=1S/C33H25N5OS/c1-22-13-15-24(16-14-22)32-27(21-37(36-32)25-11-7-4-8-12-25)30-20-29(23-9-5-3-6-10-23)35-38(30)33-34-28-18-17-26(39-2)19-31(28)40-33/h3-21H,1-2H3. The summed E-state index contributed by atoms with van der Waals surface area (Å²) in [7, 11) is 1.68. The van der Waals surface area contributed by atoms with E-state index in [0.717, 1.165) is 60.6 Å². The zero-order valence-corrected chi connectivity index (χ0v) is 22.8. The van der Waals surface area contributed by atoms with Crippen molar-refractivity contribution in [3.63, 3.8) is 0 Å². The van der Waals surface area contributed by atoms with Gasteiger partial charge in [-0.15, -0.1) is 0 Å². The molecule has 7 rings (SSSR count). The van der Waals surface area contributed by atoms with Gasteiger partial charge in [0.1, 0.15) is 11.4 Å². The van der Waals surface area contributed by atoms with E-state index in [0.29, 0.717) is 0 Å². The molecule has 0 bridgehead atoms. The lowest BCUT2D eigenvalue weighted by Gasteiger charge is -2.05. The summed E-state index contributed by atoms with van der Waals surface area (Å²) in [5, 5.41) is 11.0. The molecular weight excluding hydrogens is 514 g/mol. The van der Waals surface area contributed by atoms with Gasteiger partial charge in [0.05, 0.1) is 34.4 Å². The molecule has 0 unspecified atom stereocenters. The van der Waals surface area contributed by atoms with E-state index < -0.39 is 0 Å². The molecule has 0 spiro atoms. The second kappa shape index (κ2) is 9.94. The Bertz CT molecular complexity index is 1940. The molecule has 6 nitrogen and oxygen atoms in total. The molecule has 0 saturated carbocycles. The maximum absolute atomic E-state index is 5.46. The maximum Gasteiger partial charge on any atom is 0.212 e. The molecule has 0 amide bonds. The van der Waals surface area contributed by atoms with Crippen molar-refractivity contribution in [1.29, 1.82) is 0 Å². The topological polar surface area (TPSA) is 57.8 Å². The monoisotopic (exact) mass is 539 g/mol. The molecule has 194 valence electrons. The van der Waals surface area contributed by atoms with Gasteiger partial charge in [0.15, 0.2) is 0 Å². The molecule has 7 heteroatoms. The first-order valence-corrected chi connectivity index (χ1v) is 13.8. The number of aryl methyl sites for hydroxylation is 1. The van der Waals surface area contributed by atoms with Crippen molar-refractivity contribution in [1.82, 2.24) is 24.5 Å². The van der Waals surface area contributed by atoms with Gasteiger partial charge < -0.3 is 4.74 Å². The highest BCUT2D eigenvalue weighted by Crippen LogP contribution is 2.38. The molecule has 40 heavy (non-hydrogen) atoms. The van der Waals surface area contributed by atoms with Crippen LogP contribution in [0.1, 0.15) is 5.56 Å². The molecule has 0 aliphatic rings. The minimum absolute atomic E-state index is 0.780. The van der Waals surface area contributed by atoms with E-state index in [1.807, 2.05) is 64.0 Å². The van der Waals surface area contributed by atoms with Crippen molar-refractivity contribution in [2.45, 2.75) is 6.92 Å². The molecule has 0 atom stereocenters. The summed E-state index contributed by atoms with van der Waals surface area (Å²) < 4.78 is 10.4. The minimum atomic E-state index is 0.780. The number of rotatable bonds is 6. The molecule has 0 N–H and O–H groups in total. The first-order chi connectivity index (χ1) is 19.7. The summed E-state index contributed by atoms with van der Waals surface area (Å²) in [5.74, 6) is 0.805. The van der Waals surface area contributed by atoms with Crippen LogP contribution in [0.15, 0.2) is 115 Å². The second-order valence-corrected chi connectivity index (χ2v) is 10.6. The Kier molecular flexibility index (Phi) is 5.98. The number of ether oxygens (including phenoxy) is 1. The van der Waals surface area contributed by atoms with Crippen LogP contribution >= 0.6 is 11.3 Å². The number of thiazole rings is 1. The van der Waals surface area contributed by atoms with Gasteiger partial charge in [-0.1, -0.05) is 89.7 Å². The summed E-state index contributed by atoms with van der Waals surface area (Å²) in [4.78, 5) is 4.97. The van der Waals surface area contributed by atoms with Crippen molar-refractivity contribution < 1.29 is 4.74 Å². The third-order valence-electron chi connectivity index (χ3n) is 6.88. The number of benzene rings is 4. The van der Waals surface area contributed by atoms with Gasteiger partial charge in [0.25, 0.3) is 0 Å². The molecule has 7 aromatic rings. The van der Waals surface area contributed by atoms with Gasteiger partial charge in [-0.25, -0.2) is 14.3 Å². The average Bonchev–Trinajstić information content (AvgIpc) is 3.74. The number of fused-ring (bicyclic) bond motifs is 1. The van der Waals surface area contributed by atoms with Crippen LogP contribution in [-0.4, -0.2) is 31.7 Å². The zero-order valence-electron chi connectivity index (χ0n) is 22.0. The van der Waals surface area contributed by atoms with Crippen LogP contribution in [0.4, 0.5) is 0 Å². The number of para-hydroxylation sites is 1. The Morgan fingerprint density at radius 3 is 2.25 bits per heavy atom. The lowest BCUT2D eigenvalue weighted by Crippen LogP contribution is -1.99. The van der Waals surface area contributed by atoms with Crippen LogP contribution in [0, 0.1) is 6.92 Å². The van der Waals surface area contributed by atoms with Crippen LogP contribution in [-0.2, 0) is 0 Å². The number of hydrogen-bond acceptors (Lipinski definition) is 5. The van der Waals surface area contributed by atoms with E-state index in [2.05, 4.69) is 67.7 Å². The number of methoxy groups -OCH3 is 1. The van der Waals surface area contributed by atoms with Gasteiger partial charge in [-0.3, -0.25) is 0 Å². The molecule has 0 saturated heterocycles. The first-order valence-electron chi connectivity index (χ1n) is 13.0. The van der Waals surface area contributed by atoms with Gasteiger partial charge in [0, 0.05) is 22.9 Å². The van der Waals surface area contributed by atoms with Crippen LogP contribution in [0.5, 0.6) is 5.75 Å². The third-order valence-corrected chi connectivity index (χ3v) is 7.87. The van der Waals surface area contributed by atoms with Crippen LogP contribution < -0.4 is 4.74 Å². The SMILES string of the molecule is COc1ccc2nc(-n3nc(-c4ccccc4)cc3-c3cn(-c4ccccc4)nc3-c3ccc(C)cc3)sc2c1. The summed E-state index contributed by atoms with van der Waals surface area (Å²) in [6, 6.07) is 37.0. The molecule has 3 aromatic heterocycles. The summed E-state index contributed by atoms with van der Waals surface area (Å²) in [6.07, 6.45) is 2.09. The molecule has 0 aliphatic carbocycles. The lowest BCUT2D eigenvalue weighted by atomic mass is 10.0. The highest BCUT2D eigenvalue weighted by Gasteiger charge is 2.22. The van der Waals surface area contributed by atoms with Crippen LogP contribution in [0.3, 0.4) is 0 Å². The van der Waals surface area contributed by atoms with Crippen molar-refractivity contribution >= 4 is 21.6 Å². The van der Waals surface area contributed by atoms with Gasteiger partial charge in [0.2, 0.25) is 5.13 Å².